The number of aliphatic hydroxyl groups excluding tert-OH is 8. The first kappa shape index (κ1) is 69.8. The molecule has 0 bridgehead atoms. The van der Waals surface area contributed by atoms with Crippen LogP contribution in [0.3, 0.4) is 0 Å². The van der Waals surface area contributed by atoms with Gasteiger partial charge < -0.3 is 65.1 Å². The summed E-state index contributed by atoms with van der Waals surface area (Å²) in [5.41, 5.74) is 0. The number of allylic oxidation sites excluding steroid dienone is 1. The fourth-order valence-electron chi connectivity index (χ4n) is 10.6. The van der Waals surface area contributed by atoms with Crippen molar-refractivity contribution in [3.8, 4) is 0 Å². The van der Waals surface area contributed by atoms with Crippen LogP contribution in [0.1, 0.15) is 277 Å². The Balaban J connectivity index is 1.73. The van der Waals surface area contributed by atoms with Gasteiger partial charge in [0.05, 0.1) is 32.0 Å². The largest absolute Gasteiger partial charge is 0.394 e. The van der Waals surface area contributed by atoms with Crippen molar-refractivity contribution in [2.24, 2.45) is 0 Å². The van der Waals surface area contributed by atoms with Gasteiger partial charge in [0, 0.05) is 6.42 Å². The van der Waals surface area contributed by atoms with Crippen LogP contribution in [0.25, 0.3) is 0 Å². The normalized spacial score (nSPS) is 25.0. The van der Waals surface area contributed by atoms with Crippen molar-refractivity contribution in [1.82, 2.24) is 5.32 Å². The lowest BCUT2D eigenvalue weighted by Crippen LogP contribution is -2.65. The molecule has 12 atom stereocenters. The number of nitrogens with one attached hydrogen (secondary N) is 1. The molecule has 14 heteroatoms. The molecule has 1 amide bonds. The van der Waals surface area contributed by atoms with E-state index in [0.29, 0.717) is 6.42 Å². The third kappa shape index (κ3) is 33.2. The molecule has 75 heavy (non-hydrogen) atoms. The number of hydrogen-bond acceptors (Lipinski definition) is 13. The van der Waals surface area contributed by atoms with Crippen LogP contribution in [0.4, 0.5) is 0 Å². The summed E-state index contributed by atoms with van der Waals surface area (Å²) in [6, 6.07) is -0.909. The number of carbonyl (C=O) groups excluding carboxylic acids is 1. The minimum atomic E-state index is -1.79. The summed E-state index contributed by atoms with van der Waals surface area (Å²) in [6.45, 7) is 2.84. The van der Waals surface area contributed by atoms with Crippen LogP contribution in [0.5, 0.6) is 0 Å². The monoisotopic (exact) mass is 1070 g/mol. The van der Waals surface area contributed by atoms with Crippen molar-refractivity contribution in [2.75, 3.05) is 19.8 Å². The van der Waals surface area contributed by atoms with Crippen LogP contribution in [0.15, 0.2) is 12.2 Å². The van der Waals surface area contributed by atoms with Crippen LogP contribution in [-0.2, 0) is 23.7 Å². The highest BCUT2D eigenvalue weighted by atomic mass is 16.7. The minimum Gasteiger partial charge on any atom is -0.394 e. The number of hydrogen-bond donors (Lipinski definition) is 9. The van der Waals surface area contributed by atoms with E-state index in [4.69, 9.17) is 18.9 Å². The summed E-state index contributed by atoms with van der Waals surface area (Å²) in [5.74, 6) is -0.234. The van der Waals surface area contributed by atoms with Crippen LogP contribution < -0.4 is 5.32 Å². The molecule has 2 aliphatic rings. The summed E-state index contributed by atoms with van der Waals surface area (Å²) in [4.78, 5) is 13.3. The Morgan fingerprint density at radius 1 is 0.467 bits per heavy atom. The fourth-order valence-corrected chi connectivity index (χ4v) is 10.6. The first-order valence-corrected chi connectivity index (χ1v) is 31.4. The molecule has 0 aromatic heterocycles. The molecule has 0 saturated carbocycles. The standard InChI is InChI=1S/C61H117NO13/c1-3-5-7-9-11-13-15-17-19-21-22-23-24-25-26-27-28-29-30-32-34-36-38-40-42-44-50(65)49(62-53(66)45-43-41-39-37-35-33-31-20-18-16-14-12-10-8-6-4-2)48-72-60-58(71)56(69)59(52(47-64)74-60)75-61-57(70)55(68)54(67)51(46-63)73-61/h42,44,49-52,54-61,63-65,67-71H,3-41,43,45-48H2,1-2H3,(H,62,66)/b44-42+. The maximum Gasteiger partial charge on any atom is 0.220 e. The third-order valence-electron chi connectivity index (χ3n) is 15.7. The molecule has 0 aromatic carbocycles. The number of ether oxygens (including phenoxy) is 4. The van der Waals surface area contributed by atoms with E-state index in [0.717, 1.165) is 38.5 Å². The molecule has 0 spiro atoms. The molecule has 0 radical (unpaired) electrons. The second-order valence-corrected chi connectivity index (χ2v) is 22.6. The molecule has 2 saturated heterocycles. The zero-order valence-electron chi connectivity index (χ0n) is 47.8. The summed E-state index contributed by atoms with van der Waals surface area (Å²) in [6.07, 6.45) is 38.2. The van der Waals surface area contributed by atoms with E-state index < -0.39 is 86.8 Å². The topological polar surface area (TPSA) is 228 Å². The van der Waals surface area contributed by atoms with Crippen LogP contribution >= 0.6 is 0 Å². The Morgan fingerprint density at radius 3 is 1.23 bits per heavy atom. The average molecular weight is 1070 g/mol. The molecule has 12 unspecified atom stereocenters. The smallest absolute Gasteiger partial charge is 0.220 e. The van der Waals surface area contributed by atoms with Crippen molar-refractivity contribution in [1.29, 1.82) is 0 Å². The first-order chi connectivity index (χ1) is 36.6. The highest BCUT2D eigenvalue weighted by molar-refractivity contribution is 5.76. The van der Waals surface area contributed by atoms with Gasteiger partial charge >= 0.3 is 0 Å². The summed E-state index contributed by atoms with van der Waals surface area (Å²) >= 11 is 0. The third-order valence-corrected chi connectivity index (χ3v) is 15.7. The molecule has 9 N–H and O–H groups in total. The Morgan fingerprint density at radius 2 is 0.827 bits per heavy atom. The summed E-state index contributed by atoms with van der Waals surface area (Å²) in [5, 5.41) is 87.2. The molecular formula is C61H117NO13. The van der Waals surface area contributed by atoms with Crippen LogP contribution in [-0.4, -0.2) is 140 Å². The molecule has 14 nitrogen and oxygen atoms in total. The minimum absolute atomic E-state index is 0.234. The van der Waals surface area contributed by atoms with E-state index in [9.17, 15) is 45.6 Å². The molecule has 2 heterocycles. The molecule has 0 aliphatic carbocycles. The summed E-state index contributed by atoms with van der Waals surface area (Å²) < 4.78 is 22.8. The average Bonchev–Trinajstić information content (AvgIpc) is 3.41. The van der Waals surface area contributed by atoms with Crippen molar-refractivity contribution in [3.05, 3.63) is 12.2 Å². The van der Waals surface area contributed by atoms with Gasteiger partial charge in [-0.05, 0) is 19.3 Å². The lowest BCUT2D eigenvalue weighted by molar-refractivity contribution is -0.359. The van der Waals surface area contributed by atoms with Crippen LogP contribution in [0, 0.1) is 0 Å². The van der Waals surface area contributed by atoms with Crippen molar-refractivity contribution < 1.29 is 64.6 Å². The number of rotatable bonds is 51. The van der Waals surface area contributed by atoms with Gasteiger partial charge in [-0.3, -0.25) is 4.79 Å². The SMILES string of the molecule is CCCCCCCCCCCCCCCCCCCCCCCCC/C=C/C(O)C(COC1OC(CO)C(OC2OC(CO)C(O)C(O)C2O)C(O)C1O)NC(=O)CCCCCCCCCCCCCCCCCC. The molecule has 444 valence electrons. The van der Waals surface area contributed by atoms with E-state index in [2.05, 4.69) is 19.2 Å². The number of unbranched alkanes of at least 4 members (excludes halogenated alkanes) is 38. The zero-order chi connectivity index (χ0) is 54.6. The zero-order valence-corrected chi connectivity index (χ0v) is 47.8. The number of carbonyl (C=O) groups is 1. The maximum atomic E-state index is 13.3. The highest BCUT2D eigenvalue weighted by Crippen LogP contribution is 2.30. The molecule has 2 fully saturated rings. The van der Waals surface area contributed by atoms with Crippen molar-refractivity contribution in [2.45, 2.75) is 351 Å². The molecule has 0 aromatic rings. The van der Waals surface area contributed by atoms with Crippen molar-refractivity contribution >= 4 is 5.91 Å². The van der Waals surface area contributed by atoms with E-state index in [1.54, 1.807) is 6.08 Å². The fraction of sp³-hybridized carbons (Fsp3) is 0.951. The lowest BCUT2D eigenvalue weighted by Gasteiger charge is -2.46. The second-order valence-electron chi connectivity index (χ2n) is 22.6. The Labute approximate surface area is 456 Å². The quantitative estimate of drug-likeness (QED) is 0.0204. The maximum absolute atomic E-state index is 13.3. The number of aliphatic hydroxyl groups is 8. The Kier molecular flexibility index (Phi) is 44.3. The van der Waals surface area contributed by atoms with Gasteiger partial charge in [-0.25, -0.2) is 0 Å². The second kappa shape index (κ2) is 47.5. The van der Waals surface area contributed by atoms with Crippen LogP contribution in [0.2, 0.25) is 0 Å². The van der Waals surface area contributed by atoms with Crippen molar-refractivity contribution in [3.63, 3.8) is 0 Å². The Hall–Kier alpha value is -1.27. The summed E-state index contributed by atoms with van der Waals surface area (Å²) in [7, 11) is 0. The molecular weight excluding hydrogens is 955 g/mol. The predicted octanol–water partition coefficient (Wildman–Crippen LogP) is 11.1. The predicted molar refractivity (Wildman–Crippen MR) is 300 cm³/mol. The van der Waals surface area contributed by atoms with Gasteiger partial charge in [0.2, 0.25) is 5.91 Å². The van der Waals surface area contributed by atoms with E-state index in [1.807, 2.05) is 6.08 Å². The Bertz CT molecular complexity index is 1310. The molecule has 2 rings (SSSR count). The molecule has 2 aliphatic heterocycles. The van der Waals surface area contributed by atoms with E-state index in [-0.39, 0.29) is 18.9 Å². The van der Waals surface area contributed by atoms with Gasteiger partial charge in [0.25, 0.3) is 0 Å². The number of amides is 1. The van der Waals surface area contributed by atoms with Gasteiger partial charge in [-0.2, -0.15) is 0 Å². The highest BCUT2D eigenvalue weighted by Gasteiger charge is 2.51. The van der Waals surface area contributed by atoms with E-state index >= 15 is 0 Å². The van der Waals surface area contributed by atoms with Gasteiger partial charge in [-0.15, -0.1) is 0 Å². The lowest BCUT2D eigenvalue weighted by atomic mass is 9.97. The first-order valence-electron chi connectivity index (χ1n) is 31.4. The van der Waals surface area contributed by atoms with Gasteiger partial charge in [0.1, 0.15) is 48.8 Å². The van der Waals surface area contributed by atoms with Gasteiger partial charge in [-0.1, -0.05) is 264 Å². The van der Waals surface area contributed by atoms with Gasteiger partial charge in [0.15, 0.2) is 12.6 Å². The van der Waals surface area contributed by atoms with E-state index in [1.165, 1.54) is 212 Å².